The third-order valence-corrected chi connectivity index (χ3v) is 0. The summed E-state index contributed by atoms with van der Waals surface area (Å²) in [5.74, 6) is 0. The van der Waals surface area contributed by atoms with Crippen LogP contribution >= 0.6 is 0 Å². The van der Waals surface area contributed by atoms with Crippen LogP contribution in [0.2, 0.25) is 0 Å². The van der Waals surface area contributed by atoms with Crippen LogP contribution in [0.15, 0.2) is 0 Å². The molecule has 26 valence electrons. The van der Waals surface area contributed by atoms with Gasteiger partial charge in [-0.2, -0.15) is 0 Å². The van der Waals surface area contributed by atoms with E-state index in [0.29, 0.717) is 0 Å². The summed E-state index contributed by atoms with van der Waals surface area (Å²) in [6, 6.07) is 0. The Hall–Kier alpha value is 1.01. The molecule has 0 atom stereocenters. The summed E-state index contributed by atoms with van der Waals surface area (Å²) in [4.78, 5) is 0. The van der Waals surface area contributed by atoms with Gasteiger partial charge in [-0.3, -0.25) is 10.5 Å². The summed E-state index contributed by atoms with van der Waals surface area (Å²) in [7, 11) is 0. The minimum atomic E-state index is 0. The molecule has 0 spiro atoms. The molecule has 4 heavy (non-hydrogen) atoms. The molecule has 0 aliphatic carbocycles. The van der Waals surface area contributed by atoms with Gasteiger partial charge in [0, 0.05) is 16.5 Å². The van der Waals surface area contributed by atoms with Crippen molar-refractivity contribution in [3.63, 3.8) is 0 Å². The standard InChI is InChI=1S/Li.Ni.H2O2.H/c;;1-2;/h;;1-2H;/q+1;;;-1. The van der Waals surface area contributed by atoms with Crippen molar-refractivity contribution in [1.82, 2.24) is 0 Å². The fourth-order valence-corrected chi connectivity index (χ4v) is 0. The maximum absolute atomic E-state index is 6.00. The molecule has 0 aliphatic rings. The van der Waals surface area contributed by atoms with E-state index < -0.39 is 0 Å². The van der Waals surface area contributed by atoms with E-state index in [0.717, 1.165) is 0 Å². The van der Waals surface area contributed by atoms with E-state index in [2.05, 4.69) is 0 Å². The van der Waals surface area contributed by atoms with E-state index >= 15 is 0 Å². The van der Waals surface area contributed by atoms with Gasteiger partial charge in [0.2, 0.25) is 0 Å². The SMILES string of the molecule is OO.[H-].[Li+].[Ni]. The van der Waals surface area contributed by atoms with Crippen molar-refractivity contribution in [2.45, 2.75) is 0 Å². The first-order chi connectivity index (χ1) is 1.00. The summed E-state index contributed by atoms with van der Waals surface area (Å²) in [6.07, 6.45) is 0. The van der Waals surface area contributed by atoms with Crippen LogP contribution < -0.4 is 18.9 Å². The van der Waals surface area contributed by atoms with Crippen molar-refractivity contribution in [2.75, 3.05) is 0 Å². The fraction of sp³-hybridized carbons (Fsp3) is 0. The van der Waals surface area contributed by atoms with E-state index in [-0.39, 0.29) is 36.8 Å². The topological polar surface area (TPSA) is 40.5 Å². The molecule has 0 fully saturated rings. The third kappa shape index (κ3) is 11.9. The minimum absolute atomic E-state index is 0. The van der Waals surface area contributed by atoms with Gasteiger partial charge < -0.3 is 1.43 Å². The number of hydrogen-bond acceptors (Lipinski definition) is 2. The maximum Gasteiger partial charge on any atom is 1.00 e. The largest absolute Gasteiger partial charge is 1.00 e. The molecule has 0 saturated carbocycles. The van der Waals surface area contributed by atoms with E-state index in [1.54, 1.807) is 0 Å². The maximum atomic E-state index is 6.00. The zero-order valence-electron chi connectivity index (χ0n) is 3.21. The molecule has 0 saturated heterocycles. The van der Waals surface area contributed by atoms with Gasteiger partial charge in [-0.25, -0.2) is 0 Å². The summed E-state index contributed by atoms with van der Waals surface area (Å²) in [6.45, 7) is 0. The van der Waals surface area contributed by atoms with Crippen LogP contribution in [-0.4, -0.2) is 10.5 Å². The quantitative estimate of drug-likeness (QED) is 0.195. The van der Waals surface area contributed by atoms with E-state index in [1.807, 2.05) is 0 Å². The average molecular weight is 101 g/mol. The molecule has 0 aliphatic heterocycles. The van der Waals surface area contributed by atoms with Gasteiger partial charge in [0.1, 0.15) is 0 Å². The van der Waals surface area contributed by atoms with Crippen molar-refractivity contribution in [1.29, 1.82) is 0 Å². The predicted octanol–water partition coefficient (Wildman–Crippen LogP) is -2.87. The molecule has 0 aromatic rings. The molecular weight excluding hydrogens is 97.6 g/mol. The van der Waals surface area contributed by atoms with Crippen LogP contribution in [0.3, 0.4) is 0 Å². The van der Waals surface area contributed by atoms with Crippen LogP contribution in [0.25, 0.3) is 0 Å². The van der Waals surface area contributed by atoms with Gasteiger partial charge in [-0.15, -0.1) is 0 Å². The molecule has 0 radical (unpaired) electrons. The van der Waals surface area contributed by atoms with Crippen molar-refractivity contribution >= 4 is 0 Å². The normalized spacial score (nSPS) is 1.50. The van der Waals surface area contributed by atoms with Gasteiger partial charge in [-0.05, 0) is 0 Å². The second-order valence-corrected chi connectivity index (χ2v) is 0. The van der Waals surface area contributed by atoms with E-state index in [4.69, 9.17) is 10.5 Å². The number of hydrogen-bond donors (Lipinski definition) is 2. The van der Waals surface area contributed by atoms with Crippen LogP contribution in [0.4, 0.5) is 0 Å². The first-order valence-corrected chi connectivity index (χ1v) is 0.200. The molecule has 0 aromatic heterocycles. The molecule has 0 bridgehead atoms. The molecule has 0 amide bonds. The van der Waals surface area contributed by atoms with Crippen LogP contribution in [-0.2, 0) is 16.5 Å². The predicted molar refractivity (Wildman–Crippen MR) is 6.37 cm³/mol. The summed E-state index contributed by atoms with van der Waals surface area (Å²) in [5.41, 5.74) is 0. The Morgan fingerprint density at radius 1 is 1.25 bits per heavy atom. The van der Waals surface area contributed by atoms with Gasteiger partial charge in [0.15, 0.2) is 0 Å². The monoisotopic (exact) mass is 100.0 g/mol. The van der Waals surface area contributed by atoms with E-state index in [1.165, 1.54) is 0 Å². The zero-order chi connectivity index (χ0) is 2.00. The smallest absolute Gasteiger partial charge is 1.00 e. The molecule has 4 heteroatoms. The Morgan fingerprint density at radius 2 is 1.25 bits per heavy atom. The van der Waals surface area contributed by atoms with Crippen molar-refractivity contribution in [2.24, 2.45) is 0 Å². The Balaban J connectivity index is -0.00000000167. The van der Waals surface area contributed by atoms with Crippen LogP contribution in [0.1, 0.15) is 1.43 Å². The van der Waals surface area contributed by atoms with Crippen molar-refractivity contribution < 1.29 is 47.3 Å². The van der Waals surface area contributed by atoms with Crippen LogP contribution in [0, 0.1) is 0 Å². The van der Waals surface area contributed by atoms with Gasteiger partial charge in [0.25, 0.3) is 0 Å². The summed E-state index contributed by atoms with van der Waals surface area (Å²) >= 11 is 0. The fourth-order valence-electron chi connectivity index (χ4n) is 0. The molecular formula is H3LiNiO2. The Morgan fingerprint density at radius 3 is 1.25 bits per heavy atom. The Kier molecular flexibility index (Phi) is 177. The first-order valence-electron chi connectivity index (χ1n) is 0.200. The van der Waals surface area contributed by atoms with E-state index in [9.17, 15) is 0 Å². The minimum Gasteiger partial charge on any atom is -1.00 e. The van der Waals surface area contributed by atoms with Gasteiger partial charge in [0.05, 0.1) is 0 Å². The molecule has 0 unspecified atom stereocenters. The first kappa shape index (κ1) is 19.9. The molecule has 0 aromatic carbocycles. The second-order valence-electron chi connectivity index (χ2n) is 0. The summed E-state index contributed by atoms with van der Waals surface area (Å²) < 4.78 is 0. The number of rotatable bonds is 0. The van der Waals surface area contributed by atoms with Crippen LogP contribution in [0.5, 0.6) is 0 Å². The molecule has 2 nitrogen and oxygen atoms in total. The molecule has 0 heterocycles. The summed E-state index contributed by atoms with van der Waals surface area (Å²) in [5, 5.41) is 12.0. The molecule has 0 rings (SSSR count). The Labute approximate surface area is 47.7 Å². The molecule has 2 N–H and O–H groups in total. The van der Waals surface area contributed by atoms with Gasteiger partial charge >= 0.3 is 18.9 Å². The van der Waals surface area contributed by atoms with Gasteiger partial charge in [-0.1, -0.05) is 0 Å². The van der Waals surface area contributed by atoms with Crippen molar-refractivity contribution in [3.05, 3.63) is 0 Å². The zero-order valence-corrected chi connectivity index (χ0v) is 3.20. The Bertz CT molecular complexity index is 9.61. The average Bonchev–Trinajstić information content (AvgIpc) is 1.00. The second kappa shape index (κ2) is 35.6. The van der Waals surface area contributed by atoms with Crippen molar-refractivity contribution in [3.8, 4) is 0 Å². The third-order valence-electron chi connectivity index (χ3n) is 0.